The van der Waals surface area contributed by atoms with E-state index in [4.69, 9.17) is 4.74 Å². The molecule has 0 aliphatic heterocycles. The number of benzene rings is 2. The number of nitrogens with zero attached hydrogens (tertiary/aromatic N) is 2. The summed E-state index contributed by atoms with van der Waals surface area (Å²) in [7, 11) is 1.61. The Labute approximate surface area is 127 Å². The quantitative estimate of drug-likeness (QED) is 0.542. The molecule has 0 bridgehead atoms. The molecule has 0 N–H and O–H groups in total. The van der Waals surface area contributed by atoms with E-state index in [-0.39, 0.29) is 0 Å². The van der Waals surface area contributed by atoms with Crippen LogP contribution in [0.5, 0.6) is 5.75 Å². The molecule has 0 saturated heterocycles. The largest absolute Gasteiger partial charge is 0.496 e. The van der Waals surface area contributed by atoms with Crippen LogP contribution < -0.4 is 4.74 Å². The lowest BCUT2D eigenvalue weighted by atomic mass is 10.2. The number of nitro groups is 1. The van der Waals surface area contributed by atoms with Crippen LogP contribution in [-0.2, 0) is 0 Å². The molecular weight excluding hydrogens is 280 g/mol. The van der Waals surface area contributed by atoms with Crippen molar-refractivity contribution >= 4 is 17.0 Å². The lowest BCUT2D eigenvalue weighted by Crippen LogP contribution is -1.96. The van der Waals surface area contributed by atoms with Gasteiger partial charge in [0.25, 0.3) is 0 Å². The predicted octanol–water partition coefficient (Wildman–Crippen LogP) is 3.89. The van der Waals surface area contributed by atoms with Gasteiger partial charge in [0.1, 0.15) is 5.75 Å². The van der Waals surface area contributed by atoms with Gasteiger partial charge in [0.05, 0.1) is 23.2 Å². The molecule has 110 valence electrons. The van der Waals surface area contributed by atoms with Crippen LogP contribution >= 0.6 is 0 Å². The summed E-state index contributed by atoms with van der Waals surface area (Å²) >= 11 is 0. The second-order valence-corrected chi connectivity index (χ2v) is 4.73. The molecule has 0 saturated carbocycles. The zero-order valence-corrected chi connectivity index (χ0v) is 12.0. The van der Waals surface area contributed by atoms with Crippen molar-refractivity contribution in [1.82, 2.24) is 4.57 Å². The second-order valence-electron chi connectivity index (χ2n) is 4.73. The molecule has 22 heavy (non-hydrogen) atoms. The first-order chi connectivity index (χ1) is 10.7. The van der Waals surface area contributed by atoms with Gasteiger partial charge in [0.15, 0.2) is 0 Å². The van der Waals surface area contributed by atoms with Crippen LogP contribution in [0, 0.1) is 10.1 Å². The highest BCUT2D eigenvalue weighted by molar-refractivity contribution is 5.90. The van der Waals surface area contributed by atoms with Gasteiger partial charge >= 0.3 is 0 Å². The van der Waals surface area contributed by atoms with Crippen molar-refractivity contribution in [3.8, 4) is 11.4 Å². The van der Waals surface area contributed by atoms with Gasteiger partial charge in [0, 0.05) is 17.1 Å². The summed E-state index contributed by atoms with van der Waals surface area (Å²) in [5.41, 5.74) is 2.60. The van der Waals surface area contributed by atoms with E-state index in [0.29, 0.717) is 0 Å². The van der Waals surface area contributed by atoms with Crippen molar-refractivity contribution < 1.29 is 9.66 Å². The van der Waals surface area contributed by atoms with Gasteiger partial charge in [-0.25, -0.2) is 0 Å². The van der Waals surface area contributed by atoms with Gasteiger partial charge in [-0.3, -0.25) is 10.1 Å². The maximum absolute atomic E-state index is 10.6. The van der Waals surface area contributed by atoms with Crippen LogP contribution in [0.2, 0.25) is 0 Å². The van der Waals surface area contributed by atoms with E-state index >= 15 is 0 Å². The number of rotatable bonds is 4. The third-order valence-electron chi connectivity index (χ3n) is 3.44. The number of ether oxygens (including phenoxy) is 1. The topological polar surface area (TPSA) is 57.3 Å². The minimum Gasteiger partial charge on any atom is -0.496 e. The van der Waals surface area contributed by atoms with E-state index in [1.165, 1.54) is 6.08 Å². The number of hydrogen-bond acceptors (Lipinski definition) is 3. The summed E-state index contributed by atoms with van der Waals surface area (Å²) in [5, 5.41) is 11.6. The standard InChI is InChI=1S/C17H14N2O3/c1-22-17-9-5-8-16-15(17)12-14(10-11-18(20)21)19(16)13-6-3-2-4-7-13/h2-12H,1H3/b11-10+. The lowest BCUT2D eigenvalue weighted by molar-refractivity contribution is -0.401. The first-order valence-electron chi connectivity index (χ1n) is 6.76. The fraction of sp³-hybridized carbons (Fsp3) is 0.0588. The Morgan fingerprint density at radius 1 is 1.14 bits per heavy atom. The molecule has 5 heteroatoms. The Bertz CT molecular complexity index is 851. The summed E-state index contributed by atoms with van der Waals surface area (Å²) < 4.78 is 7.36. The molecule has 1 aromatic heterocycles. The highest BCUT2D eigenvalue weighted by Crippen LogP contribution is 2.31. The van der Waals surface area contributed by atoms with Crippen molar-refractivity contribution in [1.29, 1.82) is 0 Å². The third kappa shape index (κ3) is 2.44. The summed E-state index contributed by atoms with van der Waals surface area (Å²) in [6.45, 7) is 0. The van der Waals surface area contributed by atoms with Crippen molar-refractivity contribution in [3.63, 3.8) is 0 Å². The van der Waals surface area contributed by atoms with E-state index in [2.05, 4.69) is 0 Å². The van der Waals surface area contributed by atoms with Gasteiger partial charge in [-0.2, -0.15) is 0 Å². The number of fused-ring (bicyclic) bond motifs is 1. The van der Waals surface area contributed by atoms with Crippen LogP contribution in [0.15, 0.2) is 60.8 Å². The number of para-hydroxylation sites is 1. The van der Waals surface area contributed by atoms with Crippen LogP contribution in [0.3, 0.4) is 0 Å². The Morgan fingerprint density at radius 3 is 2.59 bits per heavy atom. The molecule has 3 rings (SSSR count). The first kappa shape index (κ1) is 13.9. The van der Waals surface area contributed by atoms with Crippen LogP contribution in [0.25, 0.3) is 22.7 Å². The first-order valence-corrected chi connectivity index (χ1v) is 6.76. The van der Waals surface area contributed by atoms with Crippen molar-refractivity contribution in [3.05, 3.63) is 76.6 Å². The molecule has 3 aromatic rings. The minimum absolute atomic E-state index is 0.468. The molecule has 0 amide bonds. The zero-order valence-electron chi connectivity index (χ0n) is 12.0. The number of hydrogen-bond donors (Lipinski definition) is 0. The van der Waals surface area contributed by atoms with Crippen molar-refractivity contribution in [2.24, 2.45) is 0 Å². The van der Waals surface area contributed by atoms with Crippen molar-refractivity contribution in [2.75, 3.05) is 7.11 Å². The monoisotopic (exact) mass is 294 g/mol. The maximum atomic E-state index is 10.6. The van der Waals surface area contributed by atoms with Crippen LogP contribution in [-0.4, -0.2) is 16.6 Å². The fourth-order valence-electron chi connectivity index (χ4n) is 2.53. The summed E-state index contributed by atoms with van der Waals surface area (Å²) in [6, 6.07) is 17.4. The van der Waals surface area contributed by atoms with Gasteiger partial charge < -0.3 is 9.30 Å². The highest BCUT2D eigenvalue weighted by Gasteiger charge is 2.12. The third-order valence-corrected chi connectivity index (χ3v) is 3.44. The molecule has 0 aliphatic carbocycles. The van der Waals surface area contributed by atoms with Crippen LogP contribution in [0.1, 0.15) is 5.69 Å². The van der Waals surface area contributed by atoms with E-state index in [1.807, 2.05) is 59.2 Å². The highest BCUT2D eigenvalue weighted by atomic mass is 16.6. The molecule has 0 radical (unpaired) electrons. The lowest BCUT2D eigenvalue weighted by Gasteiger charge is -2.08. The van der Waals surface area contributed by atoms with Gasteiger partial charge in [-0.15, -0.1) is 0 Å². The Hall–Kier alpha value is -3.08. The summed E-state index contributed by atoms with van der Waals surface area (Å²) in [5.74, 6) is 0.739. The zero-order chi connectivity index (χ0) is 15.5. The second kappa shape index (κ2) is 5.73. The van der Waals surface area contributed by atoms with E-state index in [1.54, 1.807) is 7.11 Å². The van der Waals surface area contributed by atoms with E-state index in [0.717, 1.165) is 34.2 Å². The molecular formula is C17H14N2O3. The molecule has 5 nitrogen and oxygen atoms in total. The van der Waals surface area contributed by atoms with Crippen molar-refractivity contribution in [2.45, 2.75) is 0 Å². The number of aromatic nitrogens is 1. The Kier molecular flexibility index (Phi) is 3.62. The number of methoxy groups -OCH3 is 1. The molecule has 0 unspecified atom stereocenters. The average molecular weight is 294 g/mol. The van der Waals surface area contributed by atoms with E-state index in [9.17, 15) is 10.1 Å². The molecule has 2 aromatic carbocycles. The van der Waals surface area contributed by atoms with Gasteiger partial charge in [0.2, 0.25) is 6.20 Å². The van der Waals surface area contributed by atoms with Gasteiger partial charge in [-0.05, 0) is 30.3 Å². The Morgan fingerprint density at radius 2 is 1.91 bits per heavy atom. The predicted molar refractivity (Wildman–Crippen MR) is 85.9 cm³/mol. The molecule has 0 fully saturated rings. The van der Waals surface area contributed by atoms with Gasteiger partial charge in [-0.1, -0.05) is 24.3 Å². The average Bonchev–Trinajstić information content (AvgIpc) is 2.92. The minimum atomic E-state index is -0.468. The molecule has 0 aliphatic rings. The fourth-order valence-corrected chi connectivity index (χ4v) is 2.53. The van der Waals surface area contributed by atoms with Crippen LogP contribution in [0.4, 0.5) is 0 Å². The normalized spacial score (nSPS) is 11.1. The smallest absolute Gasteiger partial charge is 0.236 e. The summed E-state index contributed by atoms with van der Waals surface area (Å²) in [6.07, 6.45) is 2.44. The SMILES string of the molecule is COc1cccc2c1cc(/C=C/[N+](=O)[O-])n2-c1ccccc1. The molecule has 0 spiro atoms. The van der Waals surface area contributed by atoms with E-state index < -0.39 is 4.92 Å². The summed E-state index contributed by atoms with van der Waals surface area (Å²) in [4.78, 5) is 10.2. The molecule has 0 atom stereocenters. The Balaban J connectivity index is 2.31. The maximum Gasteiger partial charge on any atom is 0.236 e. The molecule has 1 heterocycles.